The molecule has 1 fully saturated rings. The van der Waals surface area contributed by atoms with Crippen LogP contribution in [0.2, 0.25) is 0 Å². The minimum atomic E-state index is -5.08. The molecule has 3 aromatic rings. The van der Waals surface area contributed by atoms with E-state index >= 15 is 0 Å². The maximum atomic E-state index is 13.6. The molecule has 24 heteroatoms. The fraction of sp³-hybridized carbons (Fsp3) is 0.385. The van der Waals surface area contributed by atoms with E-state index in [9.17, 15) is 59.0 Å². The Hall–Kier alpha value is -6.11. The summed E-state index contributed by atoms with van der Waals surface area (Å²) >= 11 is 0. The van der Waals surface area contributed by atoms with Gasteiger partial charge < -0.3 is 41.1 Å². The molecule has 0 aromatic heterocycles. The monoisotopic (exact) mass is 918 g/mol. The number of rotatable bonds is 5. The van der Waals surface area contributed by atoms with Gasteiger partial charge in [0, 0.05) is 69.9 Å². The van der Waals surface area contributed by atoms with Gasteiger partial charge in [0.1, 0.15) is 12.1 Å². The molecule has 0 unspecified atom stereocenters. The molecular weight excluding hydrogens is 875 g/mol. The van der Waals surface area contributed by atoms with E-state index in [1.54, 1.807) is 78.9 Å². The van der Waals surface area contributed by atoms with Crippen molar-refractivity contribution in [3.8, 4) is 0 Å². The summed E-state index contributed by atoms with van der Waals surface area (Å²) in [7, 11) is -4.02. The molecule has 17 nitrogen and oxygen atoms in total. The Balaban J connectivity index is 0.000000650. The maximum Gasteiger partial charge on any atom is 0.490 e. The Bertz CT molecular complexity index is 2110. The number of amides is 3. The molecule has 5 aliphatic heterocycles. The fourth-order valence-corrected chi connectivity index (χ4v) is 7.17. The predicted octanol–water partition coefficient (Wildman–Crippen LogP) is 3.08. The zero-order valence-electron chi connectivity index (χ0n) is 33.1. The molecule has 5 heterocycles. The van der Waals surface area contributed by atoms with Crippen LogP contribution in [0.1, 0.15) is 29.5 Å². The molecule has 344 valence electrons. The van der Waals surface area contributed by atoms with E-state index in [4.69, 9.17) is 19.8 Å². The zero-order chi connectivity index (χ0) is 47.0. The molecule has 2 atom stereocenters. The number of benzene rings is 3. The molecular formula is C39H44F6N6O11S. The number of piperazine rings is 1. The number of carbonyl (C=O) groups excluding carboxylic acids is 3. The van der Waals surface area contributed by atoms with Crippen LogP contribution in [-0.2, 0) is 57.4 Å². The number of alkyl halides is 6. The van der Waals surface area contributed by atoms with Gasteiger partial charge in [-0.1, -0.05) is 54.6 Å². The highest BCUT2D eigenvalue weighted by atomic mass is 32.2. The summed E-state index contributed by atoms with van der Waals surface area (Å²) < 4.78 is 92.4. The minimum Gasteiger partial charge on any atom is -0.480 e. The molecule has 0 radical (unpaired) electrons. The molecule has 5 aliphatic rings. The SMILES string of the molecule is O=C(O)C(F)(F)F.O=C(O)C(F)(F)F.O=C1CCN2CCN(CCC(=O)Nc3ccc(cc3)C[C@@H](NS(=O)(=O)Cc3ccccc3)C(=O)N[C@H](C(=O)O)Cc3ccc(cc3)N1)CC2. The van der Waals surface area contributed by atoms with Crippen molar-refractivity contribution >= 4 is 57.0 Å². The fourth-order valence-electron chi connectivity index (χ4n) is 5.83. The number of carboxylic acid groups (broad SMARTS) is 3. The normalized spacial score (nSPS) is 20.4. The molecule has 3 amide bonds. The molecule has 3 aromatic carbocycles. The average Bonchev–Trinajstić information content (AvgIpc) is 3.20. The molecule has 1 saturated heterocycles. The minimum absolute atomic E-state index is 0.0687. The lowest BCUT2D eigenvalue weighted by molar-refractivity contribution is -0.193. The van der Waals surface area contributed by atoms with Gasteiger partial charge in [-0.15, -0.1) is 0 Å². The van der Waals surface area contributed by atoms with Crippen molar-refractivity contribution in [3.63, 3.8) is 0 Å². The first-order valence-corrected chi connectivity index (χ1v) is 20.4. The lowest BCUT2D eigenvalue weighted by Gasteiger charge is -2.34. The van der Waals surface area contributed by atoms with Crippen LogP contribution in [0, 0.1) is 0 Å². The summed E-state index contributed by atoms with van der Waals surface area (Å²) in [4.78, 5) is 73.4. The van der Waals surface area contributed by atoms with Gasteiger partial charge in [0.25, 0.3) is 0 Å². The van der Waals surface area contributed by atoms with Gasteiger partial charge >= 0.3 is 30.3 Å². The molecule has 7 N–H and O–H groups in total. The predicted molar refractivity (Wildman–Crippen MR) is 213 cm³/mol. The summed E-state index contributed by atoms with van der Waals surface area (Å²) in [5.74, 6) is -8.26. The summed E-state index contributed by atoms with van der Waals surface area (Å²) in [6.45, 7) is 4.41. The molecule has 63 heavy (non-hydrogen) atoms. The Morgan fingerprint density at radius 1 is 0.635 bits per heavy atom. The highest BCUT2D eigenvalue weighted by Crippen LogP contribution is 2.17. The number of sulfonamides is 1. The van der Waals surface area contributed by atoms with Gasteiger partial charge in [0.15, 0.2) is 0 Å². The van der Waals surface area contributed by atoms with Gasteiger partial charge in [-0.25, -0.2) is 27.5 Å². The first-order valence-electron chi connectivity index (χ1n) is 18.8. The van der Waals surface area contributed by atoms with Crippen LogP contribution in [0.25, 0.3) is 0 Å². The van der Waals surface area contributed by atoms with Gasteiger partial charge in [0.2, 0.25) is 27.7 Å². The van der Waals surface area contributed by atoms with E-state index in [-0.39, 0.29) is 30.4 Å². The molecule has 0 saturated carbocycles. The van der Waals surface area contributed by atoms with Gasteiger partial charge in [-0.2, -0.15) is 26.3 Å². The number of hydrogen-bond donors (Lipinski definition) is 7. The summed E-state index contributed by atoms with van der Waals surface area (Å²) in [5, 5.41) is 32.5. The van der Waals surface area contributed by atoms with Crippen molar-refractivity contribution in [2.45, 2.75) is 55.9 Å². The van der Waals surface area contributed by atoms with E-state index in [1.165, 1.54) is 0 Å². The Morgan fingerprint density at radius 2 is 1.03 bits per heavy atom. The molecule has 0 spiro atoms. The number of hydrogen-bond acceptors (Lipinski definition) is 10. The van der Waals surface area contributed by atoms with Crippen molar-refractivity contribution in [2.24, 2.45) is 0 Å². The number of fused-ring (bicyclic) bond motifs is 3. The van der Waals surface area contributed by atoms with Crippen molar-refractivity contribution < 1.29 is 78.8 Å². The first kappa shape index (κ1) is 51.2. The molecule has 6 bridgehead atoms. The van der Waals surface area contributed by atoms with Crippen LogP contribution in [0.5, 0.6) is 0 Å². The van der Waals surface area contributed by atoms with Crippen LogP contribution in [0.3, 0.4) is 0 Å². The Morgan fingerprint density at radius 3 is 1.41 bits per heavy atom. The number of nitrogens with zero attached hydrogens (tertiary/aromatic N) is 2. The highest BCUT2D eigenvalue weighted by Gasteiger charge is 2.39. The van der Waals surface area contributed by atoms with E-state index in [1.807, 2.05) is 0 Å². The van der Waals surface area contributed by atoms with Gasteiger partial charge in [-0.05, 0) is 47.4 Å². The third kappa shape index (κ3) is 19.2. The average molecular weight is 919 g/mol. The second-order valence-corrected chi connectivity index (χ2v) is 15.8. The van der Waals surface area contributed by atoms with Crippen molar-refractivity contribution in [2.75, 3.05) is 49.9 Å². The zero-order valence-corrected chi connectivity index (χ0v) is 33.9. The van der Waals surface area contributed by atoms with Gasteiger partial charge in [-0.3, -0.25) is 14.4 Å². The first-order chi connectivity index (χ1) is 29.4. The van der Waals surface area contributed by atoms with Crippen LogP contribution in [0.4, 0.5) is 37.7 Å². The number of carboxylic acids is 3. The summed E-state index contributed by atoms with van der Waals surface area (Å²) in [5.41, 5.74) is 2.85. The number of halogens is 6. The quantitative estimate of drug-likeness (QED) is 0.182. The number of nitrogens with one attached hydrogen (secondary N) is 4. The standard InChI is InChI=1S/C35H42N6O7S.2C2HF3O2/c42-32-14-16-40-18-20-41(21-19-40)17-15-33(43)37-29-12-8-26(9-13-29)23-31(35(45)46)38-34(44)30(22-25-6-10-28(36-32)11-7-25)39-49(47,48)24-27-4-2-1-3-5-27;2*3-2(4,5)1(6)7/h1-13,30-31,39H,14-24H2,(H,36,42)(H,37,43)(H,38,44)(H,45,46);2*(H,6,7)/t30-,31+;;/m1../s1. The Kier molecular flexibility index (Phi) is 19.0. The third-order valence-electron chi connectivity index (χ3n) is 9.07. The van der Waals surface area contributed by atoms with Crippen LogP contribution in [-0.4, -0.2) is 133 Å². The smallest absolute Gasteiger partial charge is 0.480 e. The van der Waals surface area contributed by atoms with Crippen molar-refractivity contribution in [3.05, 3.63) is 95.6 Å². The van der Waals surface area contributed by atoms with Crippen molar-refractivity contribution in [1.29, 1.82) is 0 Å². The second kappa shape index (κ2) is 23.4. The number of anilines is 2. The lowest BCUT2D eigenvalue weighted by Crippen LogP contribution is -2.53. The van der Waals surface area contributed by atoms with Crippen LogP contribution < -0.4 is 20.7 Å². The topological polar surface area (TPSA) is 252 Å². The largest absolute Gasteiger partial charge is 0.490 e. The molecule has 0 aliphatic carbocycles. The summed E-state index contributed by atoms with van der Waals surface area (Å²) in [6.07, 6.45) is -9.69. The highest BCUT2D eigenvalue weighted by molar-refractivity contribution is 7.88. The maximum absolute atomic E-state index is 13.6. The second-order valence-electron chi connectivity index (χ2n) is 14.0. The molecule has 8 rings (SSSR count). The third-order valence-corrected chi connectivity index (χ3v) is 10.4. The number of aliphatic carboxylic acids is 3. The summed E-state index contributed by atoms with van der Waals surface area (Å²) in [6, 6.07) is 19.3. The van der Waals surface area contributed by atoms with E-state index in [0.29, 0.717) is 54.0 Å². The van der Waals surface area contributed by atoms with E-state index in [0.717, 1.165) is 26.2 Å². The van der Waals surface area contributed by atoms with Crippen LogP contribution >= 0.6 is 0 Å². The van der Waals surface area contributed by atoms with Crippen molar-refractivity contribution in [1.82, 2.24) is 19.8 Å². The Labute approximate surface area is 356 Å². The van der Waals surface area contributed by atoms with E-state index in [2.05, 4.69) is 30.5 Å². The van der Waals surface area contributed by atoms with E-state index < -0.39 is 58.3 Å². The lowest BCUT2D eigenvalue weighted by atomic mass is 10.0. The van der Waals surface area contributed by atoms with Gasteiger partial charge in [0.05, 0.1) is 5.75 Å². The number of carbonyl (C=O) groups is 6. The van der Waals surface area contributed by atoms with Crippen LogP contribution in [0.15, 0.2) is 78.9 Å².